The zero-order valence-corrected chi connectivity index (χ0v) is 11.8. The summed E-state index contributed by atoms with van der Waals surface area (Å²) in [6.07, 6.45) is 1.33. The molecular formula is C15H8ClN3O3. The number of fused-ring (bicyclic) bond motifs is 1. The lowest BCUT2D eigenvalue weighted by Crippen LogP contribution is -2.19. The number of rotatable bonds is 3. The maximum absolute atomic E-state index is 12.2. The number of ketones is 1. The van der Waals surface area contributed by atoms with Gasteiger partial charge in [0.2, 0.25) is 5.78 Å². The monoisotopic (exact) mass is 313 g/mol. The molecule has 1 N–H and O–H groups in total. The minimum atomic E-state index is -1.26. The van der Waals surface area contributed by atoms with E-state index in [0.29, 0.717) is 15.9 Å². The van der Waals surface area contributed by atoms with Crippen molar-refractivity contribution in [2.24, 2.45) is 0 Å². The van der Waals surface area contributed by atoms with E-state index < -0.39 is 17.3 Å². The number of halogens is 1. The Morgan fingerprint density at radius 1 is 1.41 bits per heavy atom. The number of benzene rings is 1. The van der Waals surface area contributed by atoms with Gasteiger partial charge < -0.3 is 9.40 Å². The van der Waals surface area contributed by atoms with Crippen molar-refractivity contribution < 1.29 is 9.21 Å². The SMILES string of the molecule is N#CC(C(=O)c1ccco1)c1nc2cc(Cl)ccc2c(=O)[nH]1. The number of hydrogen-bond donors (Lipinski definition) is 1. The maximum Gasteiger partial charge on any atom is 0.258 e. The van der Waals surface area contributed by atoms with Crippen molar-refractivity contribution in [2.45, 2.75) is 5.92 Å². The molecule has 1 atom stereocenters. The second kappa shape index (κ2) is 5.47. The smallest absolute Gasteiger partial charge is 0.258 e. The van der Waals surface area contributed by atoms with Gasteiger partial charge in [0.05, 0.1) is 23.2 Å². The number of Topliss-reactive ketones (excluding diaryl/α,β-unsaturated/α-hetero) is 1. The highest BCUT2D eigenvalue weighted by Crippen LogP contribution is 2.20. The summed E-state index contributed by atoms with van der Waals surface area (Å²) in [5.74, 6) is -1.84. The first-order chi connectivity index (χ1) is 10.6. The van der Waals surface area contributed by atoms with E-state index in [1.165, 1.54) is 30.5 Å². The Morgan fingerprint density at radius 3 is 2.91 bits per heavy atom. The van der Waals surface area contributed by atoms with Crippen LogP contribution in [-0.4, -0.2) is 15.8 Å². The number of hydrogen-bond acceptors (Lipinski definition) is 5. The molecule has 0 radical (unpaired) electrons. The van der Waals surface area contributed by atoms with Crippen LogP contribution >= 0.6 is 11.6 Å². The largest absolute Gasteiger partial charge is 0.461 e. The molecule has 108 valence electrons. The van der Waals surface area contributed by atoms with Gasteiger partial charge in [0, 0.05) is 5.02 Å². The Morgan fingerprint density at radius 2 is 2.23 bits per heavy atom. The molecule has 6 nitrogen and oxygen atoms in total. The Balaban J connectivity index is 2.14. The molecule has 2 aromatic heterocycles. The van der Waals surface area contributed by atoms with Crippen LogP contribution in [0.3, 0.4) is 0 Å². The number of carbonyl (C=O) groups is 1. The van der Waals surface area contributed by atoms with E-state index >= 15 is 0 Å². The number of carbonyl (C=O) groups excluding carboxylic acids is 1. The van der Waals surface area contributed by atoms with Gasteiger partial charge in [-0.3, -0.25) is 9.59 Å². The van der Waals surface area contributed by atoms with Gasteiger partial charge >= 0.3 is 0 Å². The highest BCUT2D eigenvalue weighted by Gasteiger charge is 2.26. The molecule has 3 aromatic rings. The van der Waals surface area contributed by atoms with E-state index in [9.17, 15) is 14.9 Å². The topological polar surface area (TPSA) is 99.8 Å². The lowest BCUT2D eigenvalue weighted by molar-refractivity contribution is 0.0949. The second-order valence-corrected chi connectivity index (χ2v) is 4.95. The number of nitriles is 1. The van der Waals surface area contributed by atoms with Crippen LogP contribution in [0.1, 0.15) is 22.3 Å². The molecule has 0 amide bonds. The number of aromatic amines is 1. The molecule has 0 aliphatic carbocycles. The van der Waals surface area contributed by atoms with E-state index in [2.05, 4.69) is 9.97 Å². The third-order valence-electron chi connectivity index (χ3n) is 3.12. The van der Waals surface area contributed by atoms with Crippen LogP contribution in [0.2, 0.25) is 5.02 Å². The first kappa shape index (κ1) is 14.0. The third kappa shape index (κ3) is 2.38. The predicted molar refractivity (Wildman–Crippen MR) is 78.8 cm³/mol. The van der Waals surface area contributed by atoms with Crippen molar-refractivity contribution in [3.8, 4) is 6.07 Å². The molecule has 0 aliphatic rings. The summed E-state index contributed by atoms with van der Waals surface area (Å²) in [7, 11) is 0. The summed E-state index contributed by atoms with van der Waals surface area (Å²) < 4.78 is 4.99. The molecular weight excluding hydrogens is 306 g/mol. The van der Waals surface area contributed by atoms with Crippen molar-refractivity contribution in [1.29, 1.82) is 5.26 Å². The number of nitrogens with zero attached hydrogens (tertiary/aromatic N) is 2. The van der Waals surface area contributed by atoms with Crippen molar-refractivity contribution >= 4 is 28.3 Å². The average molecular weight is 314 g/mol. The normalized spacial score (nSPS) is 12.0. The van der Waals surface area contributed by atoms with Crippen molar-refractivity contribution in [2.75, 3.05) is 0 Å². The summed E-state index contributed by atoms with van der Waals surface area (Å²) in [4.78, 5) is 30.9. The van der Waals surface area contributed by atoms with Crippen LogP contribution in [0, 0.1) is 11.3 Å². The first-order valence-electron chi connectivity index (χ1n) is 6.27. The number of aromatic nitrogens is 2. The Kier molecular flexibility index (Phi) is 3.49. The van der Waals surface area contributed by atoms with Crippen molar-refractivity contribution in [3.63, 3.8) is 0 Å². The van der Waals surface area contributed by atoms with E-state index in [4.69, 9.17) is 16.0 Å². The van der Waals surface area contributed by atoms with Crippen LogP contribution < -0.4 is 5.56 Å². The highest BCUT2D eigenvalue weighted by atomic mass is 35.5. The van der Waals surface area contributed by atoms with Gasteiger partial charge in [-0.2, -0.15) is 5.26 Å². The Hall–Kier alpha value is -2.91. The van der Waals surface area contributed by atoms with Crippen LogP contribution in [-0.2, 0) is 0 Å². The molecule has 0 spiro atoms. The summed E-state index contributed by atoms with van der Waals surface area (Å²) >= 11 is 5.88. The van der Waals surface area contributed by atoms with Crippen LogP contribution in [0.5, 0.6) is 0 Å². The fourth-order valence-corrected chi connectivity index (χ4v) is 2.24. The summed E-state index contributed by atoms with van der Waals surface area (Å²) in [5.41, 5.74) is -0.122. The zero-order chi connectivity index (χ0) is 15.7. The number of furan rings is 1. The minimum absolute atomic E-state index is 0.0281. The lowest BCUT2D eigenvalue weighted by atomic mass is 10.0. The summed E-state index contributed by atoms with van der Waals surface area (Å²) in [6, 6.07) is 9.42. The molecule has 7 heteroatoms. The Labute approximate surface area is 129 Å². The predicted octanol–water partition coefficient (Wildman–Crippen LogP) is 2.66. The number of nitrogens with one attached hydrogen (secondary N) is 1. The average Bonchev–Trinajstić information content (AvgIpc) is 3.01. The Bertz CT molecular complexity index is 954. The molecule has 3 rings (SSSR count). The van der Waals surface area contributed by atoms with E-state index in [1.54, 1.807) is 6.07 Å². The van der Waals surface area contributed by atoms with Gasteiger partial charge in [0.25, 0.3) is 5.56 Å². The number of H-pyrrole nitrogens is 1. The molecule has 0 fully saturated rings. The molecule has 0 saturated carbocycles. The maximum atomic E-state index is 12.2. The molecule has 2 heterocycles. The van der Waals surface area contributed by atoms with Gasteiger partial charge in [-0.25, -0.2) is 4.98 Å². The highest BCUT2D eigenvalue weighted by molar-refractivity contribution is 6.31. The molecule has 1 unspecified atom stereocenters. The molecule has 0 aliphatic heterocycles. The van der Waals surface area contributed by atoms with Gasteiger partial charge in [-0.05, 0) is 30.3 Å². The minimum Gasteiger partial charge on any atom is -0.461 e. The quantitative estimate of drug-likeness (QED) is 0.749. The van der Waals surface area contributed by atoms with Gasteiger partial charge in [-0.1, -0.05) is 11.6 Å². The van der Waals surface area contributed by atoms with E-state index in [0.717, 1.165) is 0 Å². The van der Waals surface area contributed by atoms with Crippen molar-refractivity contribution in [1.82, 2.24) is 9.97 Å². The first-order valence-corrected chi connectivity index (χ1v) is 6.65. The summed E-state index contributed by atoms with van der Waals surface area (Å²) in [5, 5.41) is 10.00. The zero-order valence-electron chi connectivity index (χ0n) is 11.0. The molecule has 22 heavy (non-hydrogen) atoms. The van der Waals surface area contributed by atoms with Crippen LogP contribution in [0.25, 0.3) is 10.9 Å². The van der Waals surface area contributed by atoms with Crippen molar-refractivity contribution in [3.05, 3.63) is 63.6 Å². The third-order valence-corrected chi connectivity index (χ3v) is 3.35. The van der Waals surface area contributed by atoms with E-state index in [-0.39, 0.29) is 11.6 Å². The summed E-state index contributed by atoms with van der Waals surface area (Å²) in [6.45, 7) is 0. The molecule has 1 aromatic carbocycles. The second-order valence-electron chi connectivity index (χ2n) is 4.52. The fraction of sp³-hybridized carbons (Fsp3) is 0.0667. The van der Waals surface area contributed by atoms with E-state index in [1.807, 2.05) is 6.07 Å². The van der Waals surface area contributed by atoms with Gasteiger partial charge in [0.1, 0.15) is 5.82 Å². The van der Waals surface area contributed by atoms with Crippen LogP contribution in [0.15, 0.2) is 45.8 Å². The van der Waals surface area contributed by atoms with Gasteiger partial charge in [-0.15, -0.1) is 0 Å². The van der Waals surface area contributed by atoms with Gasteiger partial charge in [0.15, 0.2) is 11.7 Å². The molecule has 0 saturated heterocycles. The standard InChI is InChI=1S/C15H8ClN3O3/c16-8-3-4-9-11(6-8)18-14(19-15(9)21)10(7-17)13(20)12-2-1-5-22-12/h1-6,10H,(H,18,19,21). The lowest BCUT2D eigenvalue weighted by Gasteiger charge is -2.07. The molecule has 0 bridgehead atoms. The fourth-order valence-electron chi connectivity index (χ4n) is 2.07. The van der Waals surface area contributed by atoms with Crippen LogP contribution in [0.4, 0.5) is 0 Å².